The van der Waals surface area contributed by atoms with Crippen molar-refractivity contribution in [3.63, 3.8) is 0 Å². The molecule has 2 aliphatic rings. The largest absolute Gasteiger partial charge is 0.388 e. The van der Waals surface area contributed by atoms with E-state index in [2.05, 4.69) is 0 Å². The molecule has 1 aromatic carbocycles. The van der Waals surface area contributed by atoms with Crippen molar-refractivity contribution in [2.45, 2.75) is 63.6 Å². The van der Waals surface area contributed by atoms with Crippen molar-refractivity contribution in [2.24, 2.45) is 5.92 Å². The number of hydrogen-bond acceptors (Lipinski definition) is 2. The van der Waals surface area contributed by atoms with Crippen LogP contribution in [0.4, 0.5) is 0 Å². The average Bonchev–Trinajstić information content (AvgIpc) is 2.50. The van der Waals surface area contributed by atoms with Crippen LogP contribution in [0.5, 0.6) is 0 Å². The molecule has 2 nitrogen and oxygen atoms in total. The summed E-state index contributed by atoms with van der Waals surface area (Å²) < 4.78 is 6.14. The normalized spacial score (nSPS) is 26.7. The quantitative estimate of drug-likeness (QED) is 0.849. The predicted molar refractivity (Wildman–Crippen MR) is 85.6 cm³/mol. The van der Waals surface area contributed by atoms with Crippen LogP contribution in [0.2, 0.25) is 5.02 Å². The molecule has 1 saturated carbocycles. The van der Waals surface area contributed by atoms with Crippen molar-refractivity contribution in [1.29, 1.82) is 0 Å². The Morgan fingerprint density at radius 1 is 1.29 bits per heavy atom. The highest BCUT2D eigenvalue weighted by Crippen LogP contribution is 2.44. The summed E-state index contributed by atoms with van der Waals surface area (Å²) in [6, 6.07) is 5.81. The van der Waals surface area contributed by atoms with Gasteiger partial charge in [-0.25, -0.2) is 0 Å². The number of halogens is 1. The van der Waals surface area contributed by atoms with Gasteiger partial charge in [-0.2, -0.15) is 0 Å². The molecular formula is C18H25ClO2. The van der Waals surface area contributed by atoms with E-state index in [0.717, 1.165) is 43.4 Å². The smallest absolute Gasteiger partial charge is 0.0823 e. The van der Waals surface area contributed by atoms with E-state index in [1.165, 1.54) is 19.3 Å². The second kappa shape index (κ2) is 6.28. The van der Waals surface area contributed by atoms with E-state index in [-0.39, 0.29) is 11.5 Å². The molecule has 2 unspecified atom stereocenters. The Morgan fingerprint density at radius 2 is 2.05 bits per heavy atom. The molecule has 1 saturated heterocycles. The van der Waals surface area contributed by atoms with Gasteiger partial charge in [0.2, 0.25) is 0 Å². The zero-order valence-corrected chi connectivity index (χ0v) is 13.5. The van der Waals surface area contributed by atoms with Crippen LogP contribution in [0.1, 0.15) is 62.2 Å². The lowest BCUT2D eigenvalue weighted by Gasteiger charge is -2.44. The van der Waals surface area contributed by atoms with Crippen molar-refractivity contribution in [3.8, 4) is 0 Å². The van der Waals surface area contributed by atoms with E-state index in [9.17, 15) is 5.11 Å². The molecule has 1 heterocycles. The van der Waals surface area contributed by atoms with Crippen LogP contribution in [0, 0.1) is 12.8 Å². The molecule has 1 aliphatic carbocycles. The molecule has 3 rings (SSSR count). The SMILES string of the molecule is Cc1ccc(Cl)cc1C(O)C1CCOC2(CCCCC2)C1. The van der Waals surface area contributed by atoms with E-state index in [1.807, 2.05) is 25.1 Å². The maximum atomic E-state index is 10.9. The summed E-state index contributed by atoms with van der Waals surface area (Å²) in [5.74, 6) is 0.286. The summed E-state index contributed by atoms with van der Waals surface area (Å²) in [5, 5.41) is 11.6. The van der Waals surface area contributed by atoms with Crippen LogP contribution in [0.15, 0.2) is 18.2 Å². The fourth-order valence-electron chi connectivity index (χ4n) is 4.06. The summed E-state index contributed by atoms with van der Waals surface area (Å²) in [5.41, 5.74) is 2.14. The molecule has 3 heteroatoms. The Labute approximate surface area is 132 Å². The fraction of sp³-hybridized carbons (Fsp3) is 0.667. The minimum Gasteiger partial charge on any atom is -0.388 e. The van der Waals surface area contributed by atoms with Gasteiger partial charge in [0.25, 0.3) is 0 Å². The lowest BCUT2D eigenvalue weighted by Crippen LogP contribution is -2.42. The first kappa shape index (κ1) is 15.3. The second-order valence-corrected chi connectivity index (χ2v) is 7.23. The number of rotatable bonds is 2. The minimum absolute atomic E-state index is 0.0363. The minimum atomic E-state index is -0.425. The molecule has 1 N–H and O–H groups in total. The first-order chi connectivity index (χ1) is 10.1. The van der Waals surface area contributed by atoms with Gasteiger partial charge in [-0.3, -0.25) is 0 Å². The molecule has 21 heavy (non-hydrogen) atoms. The number of hydrogen-bond donors (Lipinski definition) is 1. The number of aliphatic hydroxyl groups is 1. The van der Waals surface area contributed by atoms with Crippen molar-refractivity contribution in [1.82, 2.24) is 0 Å². The van der Waals surface area contributed by atoms with Crippen LogP contribution in [-0.2, 0) is 4.74 Å². The summed E-state index contributed by atoms with van der Waals surface area (Å²) in [4.78, 5) is 0. The van der Waals surface area contributed by atoms with Crippen LogP contribution >= 0.6 is 11.6 Å². The summed E-state index contributed by atoms with van der Waals surface area (Å²) in [6.45, 7) is 2.83. The van der Waals surface area contributed by atoms with Gasteiger partial charge in [0.1, 0.15) is 0 Å². The van der Waals surface area contributed by atoms with Crippen LogP contribution < -0.4 is 0 Å². The highest BCUT2D eigenvalue weighted by Gasteiger charge is 2.40. The van der Waals surface area contributed by atoms with Crippen LogP contribution in [0.25, 0.3) is 0 Å². The molecule has 0 aromatic heterocycles. The van der Waals surface area contributed by atoms with Crippen molar-refractivity contribution < 1.29 is 9.84 Å². The van der Waals surface area contributed by atoms with Crippen molar-refractivity contribution in [3.05, 3.63) is 34.3 Å². The standard InChI is InChI=1S/C18H25ClO2/c1-13-5-6-15(19)11-16(13)17(20)14-7-10-21-18(12-14)8-3-2-4-9-18/h5-6,11,14,17,20H,2-4,7-10,12H2,1H3. The molecule has 1 aromatic rings. The molecule has 0 amide bonds. The maximum Gasteiger partial charge on any atom is 0.0823 e. The van der Waals surface area contributed by atoms with Gasteiger partial charge < -0.3 is 9.84 Å². The summed E-state index contributed by atoms with van der Waals surface area (Å²) in [7, 11) is 0. The fourth-order valence-corrected chi connectivity index (χ4v) is 4.24. The molecule has 0 bridgehead atoms. The number of aliphatic hydroxyl groups excluding tert-OH is 1. The van der Waals surface area contributed by atoms with Gasteiger partial charge in [-0.1, -0.05) is 36.9 Å². The van der Waals surface area contributed by atoms with Gasteiger partial charge >= 0.3 is 0 Å². The monoisotopic (exact) mass is 308 g/mol. The molecular weight excluding hydrogens is 284 g/mol. The Hall–Kier alpha value is -0.570. The predicted octanol–water partition coefficient (Wildman–Crippen LogP) is 4.81. The second-order valence-electron chi connectivity index (χ2n) is 6.79. The highest BCUT2D eigenvalue weighted by atomic mass is 35.5. The average molecular weight is 309 g/mol. The van der Waals surface area contributed by atoms with E-state index >= 15 is 0 Å². The first-order valence-corrected chi connectivity index (χ1v) is 8.56. The molecule has 2 atom stereocenters. The van der Waals surface area contributed by atoms with Crippen molar-refractivity contribution >= 4 is 11.6 Å². The summed E-state index contributed by atoms with van der Waals surface area (Å²) in [6.07, 6.45) is 7.67. The Morgan fingerprint density at radius 3 is 2.81 bits per heavy atom. The molecule has 0 radical (unpaired) electrons. The molecule has 1 aliphatic heterocycles. The maximum absolute atomic E-state index is 10.9. The first-order valence-electron chi connectivity index (χ1n) is 8.18. The number of aryl methyl sites for hydroxylation is 1. The van der Waals surface area contributed by atoms with Crippen LogP contribution in [0.3, 0.4) is 0 Å². The van der Waals surface area contributed by atoms with Gasteiger partial charge in [0.15, 0.2) is 0 Å². The van der Waals surface area contributed by atoms with Gasteiger partial charge in [0, 0.05) is 11.6 Å². The van der Waals surface area contributed by atoms with Gasteiger partial charge in [0.05, 0.1) is 11.7 Å². The Kier molecular flexibility index (Phi) is 4.58. The van der Waals surface area contributed by atoms with E-state index in [0.29, 0.717) is 5.02 Å². The third-order valence-electron chi connectivity index (χ3n) is 5.30. The lowest BCUT2D eigenvalue weighted by molar-refractivity contribution is -0.134. The number of ether oxygens (including phenoxy) is 1. The third kappa shape index (κ3) is 3.28. The zero-order valence-electron chi connectivity index (χ0n) is 12.8. The molecule has 1 spiro atoms. The number of benzene rings is 1. The molecule has 116 valence electrons. The zero-order chi connectivity index (χ0) is 14.9. The topological polar surface area (TPSA) is 29.5 Å². The lowest BCUT2D eigenvalue weighted by atomic mass is 9.73. The van der Waals surface area contributed by atoms with Gasteiger partial charge in [-0.15, -0.1) is 0 Å². The van der Waals surface area contributed by atoms with Crippen molar-refractivity contribution in [2.75, 3.05) is 6.61 Å². The van der Waals surface area contributed by atoms with E-state index in [1.54, 1.807) is 0 Å². The van der Waals surface area contributed by atoms with Gasteiger partial charge in [-0.05, 0) is 61.8 Å². The Balaban J connectivity index is 1.77. The Bertz CT molecular complexity index is 488. The van der Waals surface area contributed by atoms with Crippen LogP contribution in [-0.4, -0.2) is 17.3 Å². The third-order valence-corrected chi connectivity index (χ3v) is 5.54. The van der Waals surface area contributed by atoms with E-state index < -0.39 is 6.10 Å². The summed E-state index contributed by atoms with van der Waals surface area (Å²) >= 11 is 6.11. The highest BCUT2D eigenvalue weighted by molar-refractivity contribution is 6.30. The molecule has 2 fully saturated rings. The van der Waals surface area contributed by atoms with E-state index in [4.69, 9.17) is 16.3 Å².